The summed E-state index contributed by atoms with van der Waals surface area (Å²) in [6.07, 6.45) is -0.0624. The molecule has 1 aliphatic heterocycles. The number of hydrogen-bond donors (Lipinski definition) is 0. The topological polar surface area (TPSA) is 18.5 Å². The van der Waals surface area contributed by atoms with Crippen molar-refractivity contribution in [3.63, 3.8) is 0 Å². The van der Waals surface area contributed by atoms with E-state index in [2.05, 4.69) is 13.2 Å². The molecule has 0 aromatic heterocycles. The predicted octanol–water partition coefficient (Wildman–Crippen LogP) is 2.88. The number of ether oxygens (including phenoxy) is 2. The Morgan fingerprint density at radius 1 is 1.40 bits per heavy atom. The van der Waals surface area contributed by atoms with Crippen molar-refractivity contribution in [1.82, 2.24) is 0 Å². The fourth-order valence-corrected chi connectivity index (χ4v) is 1.66. The van der Waals surface area contributed by atoms with Crippen LogP contribution in [0.1, 0.15) is 11.7 Å². The second-order valence-corrected chi connectivity index (χ2v) is 3.60. The van der Waals surface area contributed by atoms with Crippen LogP contribution in [-0.2, 0) is 4.74 Å². The quantitative estimate of drug-likeness (QED) is 0.734. The molecular weight excluding hydrogens is 188 g/mol. The summed E-state index contributed by atoms with van der Waals surface area (Å²) in [4.78, 5) is 0. The van der Waals surface area contributed by atoms with Crippen LogP contribution >= 0.6 is 0 Å². The van der Waals surface area contributed by atoms with Crippen molar-refractivity contribution < 1.29 is 9.47 Å². The van der Waals surface area contributed by atoms with Gasteiger partial charge in [-0.25, -0.2) is 0 Å². The molecule has 0 saturated carbocycles. The number of rotatable bonds is 2. The van der Waals surface area contributed by atoms with E-state index in [4.69, 9.17) is 9.47 Å². The average molecular weight is 202 g/mol. The van der Waals surface area contributed by atoms with Crippen LogP contribution in [0.2, 0.25) is 0 Å². The van der Waals surface area contributed by atoms with E-state index < -0.39 is 0 Å². The van der Waals surface area contributed by atoms with Gasteiger partial charge in [0.15, 0.2) is 0 Å². The Morgan fingerprint density at radius 3 is 2.80 bits per heavy atom. The average Bonchev–Trinajstić information content (AvgIpc) is 2.60. The molecule has 1 aromatic rings. The highest BCUT2D eigenvalue weighted by Gasteiger charge is 2.24. The zero-order valence-corrected chi connectivity index (χ0v) is 8.82. The first-order valence-corrected chi connectivity index (χ1v) is 4.85. The van der Waals surface area contributed by atoms with Crippen molar-refractivity contribution in [2.45, 2.75) is 6.10 Å². The van der Waals surface area contributed by atoms with E-state index in [0.29, 0.717) is 6.61 Å². The largest absolute Gasteiger partial charge is 0.497 e. The van der Waals surface area contributed by atoms with Crippen LogP contribution in [0.4, 0.5) is 0 Å². The predicted molar refractivity (Wildman–Crippen MR) is 60.0 cm³/mol. The Morgan fingerprint density at radius 2 is 2.20 bits per heavy atom. The molecular formula is C13H14O2. The molecule has 0 bridgehead atoms. The van der Waals surface area contributed by atoms with E-state index in [1.54, 1.807) is 7.11 Å². The second kappa shape index (κ2) is 3.91. The Kier molecular flexibility index (Phi) is 2.60. The lowest BCUT2D eigenvalue weighted by atomic mass is 10.0. The van der Waals surface area contributed by atoms with Gasteiger partial charge in [-0.3, -0.25) is 0 Å². The molecule has 2 rings (SSSR count). The summed E-state index contributed by atoms with van der Waals surface area (Å²) >= 11 is 0. The van der Waals surface area contributed by atoms with Gasteiger partial charge in [-0.2, -0.15) is 0 Å². The molecule has 1 fully saturated rings. The molecule has 1 unspecified atom stereocenters. The SMILES string of the molecule is C=C1COC(c2cccc(OC)c2)C1=C. The molecule has 0 aliphatic carbocycles. The molecule has 78 valence electrons. The van der Waals surface area contributed by atoms with Crippen LogP contribution in [0.15, 0.2) is 48.6 Å². The van der Waals surface area contributed by atoms with Crippen molar-refractivity contribution in [3.8, 4) is 5.75 Å². The summed E-state index contributed by atoms with van der Waals surface area (Å²) in [5.74, 6) is 0.835. The number of benzene rings is 1. The molecule has 15 heavy (non-hydrogen) atoms. The third-order valence-corrected chi connectivity index (χ3v) is 2.59. The monoisotopic (exact) mass is 202 g/mol. The van der Waals surface area contributed by atoms with Crippen LogP contribution < -0.4 is 4.74 Å². The molecule has 2 nitrogen and oxygen atoms in total. The molecule has 1 aliphatic rings. The lowest BCUT2D eigenvalue weighted by Crippen LogP contribution is -1.97. The van der Waals surface area contributed by atoms with E-state index in [9.17, 15) is 0 Å². The molecule has 0 N–H and O–H groups in total. The van der Waals surface area contributed by atoms with E-state index in [-0.39, 0.29) is 6.10 Å². The second-order valence-electron chi connectivity index (χ2n) is 3.60. The van der Waals surface area contributed by atoms with Crippen LogP contribution in [0.5, 0.6) is 5.75 Å². The summed E-state index contributed by atoms with van der Waals surface area (Å²) in [5.41, 5.74) is 3.00. The maximum absolute atomic E-state index is 5.61. The van der Waals surface area contributed by atoms with Crippen LogP contribution in [0.25, 0.3) is 0 Å². The Bertz CT molecular complexity index is 407. The highest BCUT2D eigenvalue weighted by atomic mass is 16.5. The smallest absolute Gasteiger partial charge is 0.119 e. The zero-order valence-electron chi connectivity index (χ0n) is 8.82. The Labute approximate surface area is 89.8 Å². The van der Waals surface area contributed by atoms with Gasteiger partial charge in [0.2, 0.25) is 0 Å². The lowest BCUT2D eigenvalue weighted by Gasteiger charge is -2.11. The first kappa shape index (κ1) is 9.99. The molecule has 0 spiro atoms. The summed E-state index contributed by atoms with van der Waals surface area (Å²) in [6, 6.07) is 7.84. The van der Waals surface area contributed by atoms with Crippen LogP contribution in [0.3, 0.4) is 0 Å². The normalized spacial score (nSPS) is 20.7. The van der Waals surface area contributed by atoms with Crippen molar-refractivity contribution in [3.05, 3.63) is 54.1 Å². The minimum absolute atomic E-state index is 0.0624. The number of hydrogen-bond acceptors (Lipinski definition) is 2. The third kappa shape index (κ3) is 1.81. The van der Waals surface area contributed by atoms with Gasteiger partial charge < -0.3 is 9.47 Å². The van der Waals surface area contributed by atoms with Gasteiger partial charge in [0, 0.05) is 0 Å². The first-order chi connectivity index (χ1) is 7.22. The highest BCUT2D eigenvalue weighted by molar-refractivity contribution is 5.41. The van der Waals surface area contributed by atoms with Crippen molar-refractivity contribution in [2.24, 2.45) is 0 Å². The lowest BCUT2D eigenvalue weighted by molar-refractivity contribution is 0.131. The van der Waals surface area contributed by atoms with Gasteiger partial charge in [-0.05, 0) is 28.8 Å². The van der Waals surface area contributed by atoms with Crippen LogP contribution in [-0.4, -0.2) is 13.7 Å². The molecule has 0 radical (unpaired) electrons. The van der Waals surface area contributed by atoms with Crippen molar-refractivity contribution in [2.75, 3.05) is 13.7 Å². The van der Waals surface area contributed by atoms with Gasteiger partial charge in [0.1, 0.15) is 11.9 Å². The zero-order chi connectivity index (χ0) is 10.8. The third-order valence-electron chi connectivity index (χ3n) is 2.59. The maximum Gasteiger partial charge on any atom is 0.119 e. The van der Waals surface area contributed by atoms with Gasteiger partial charge in [-0.1, -0.05) is 25.3 Å². The summed E-state index contributed by atoms with van der Waals surface area (Å²) in [6.45, 7) is 8.45. The van der Waals surface area contributed by atoms with E-state index in [1.807, 2.05) is 24.3 Å². The summed E-state index contributed by atoms with van der Waals surface area (Å²) < 4.78 is 10.8. The van der Waals surface area contributed by atoms with Crippen molar-refractivity contribution >= 4 is 0 Å². The minimum atomic E-state index is -0.0624. The maximum atomic E-state index is 5.61. The highest BCUT2D eigenvalue weighted by Crippen LogP contribution is 2.36. The molecule has 1 heterocycles. The van der Waals surface area contributed by atoms with E-state index in [0.717, 1.165) is 22.5 Å². The van der Waals surface area contributed by atoms with Gasteiger partial charge >= 0.3 is 0 Å². The van der Waals surface area contributed by atoms with Gasteiger partial charge in [-0.15, -0.1) is 0 Å². The van der Waals surface area contributed by atoms with E-state index in [1.165, 1.54) is 0 Å². The van der Waals surface area contributed by atoms with Crippen LogP contribution in [0, 0.1) is 0 Å². The van der Waals surface area contributed by atoms with Crippen molar-refractivity contribution in [1.29, 1.82) is 0 Å². The first-order valence-electron chi connectivity index (χ1n) is 4.85. The van der Waals surface area contributed by atoms with E-state index >= 15 is 0 Å². The molecule has 1 aromatic carbocycles. The molecule has 1 atom stereocenters. The Hall–Kier alpha value is -1.54. The molecule has 2 heteroatoms. The standard InChI is InChI=1S/C13H14O2/c1-9-8-15-13(10(9)2)11-5-4-6-12(7-11)14-3/h4-7,13H,1-2,8H2,3H3. The summed E-state index contributed by atoms with van der Waals surface area (Å²) in [7, 11) is 1.66. The molecule has 1 saturated heterocycles. The fourth-order valence-electron chi connectivity index (χ4n) is 1.66. The molecule has 0 amide bonds. The Balaban J connectivity index is 2.30. The van der Waals surface area contributed by atoms with Gasteiger partial charge in [0.05, 0.1) is 13.7 Å². The minimum Gasteiger partial charge on any atom is -0.497 e. The number of methoxy groups -OCH3 is 1. The van der Waals surface area contributed by atoms with Gasteiger partial charge in [0.25, 0.3) is 0 Å². The summed E-state index contributed by atoms with van der Waals surface area (Å²) in [5, 5.41) is 0. The fraction of sp³-hybridized carbons (Fsp3) is 0.231.